The van der Waals surface area contributed by atoms with Crippen molar-refractivity contribution in [1.82, 2.24) is 0 Å². The van der Waals surface area contributed by atoms with Gasteiger partial charge in [0.1, 0.15) is 5.78 Å². The summed E-state index contributed by atoms with van der Waals surface area (Å²) in [4.78, 5) is 22.8. The van der Waals surface area contributed by atoms with Crippen molar-refractivity contribution < 1.29 is 9.59 Å². The monoisotopic (exact) mass is 200 g/mol. The molecule has 0 aromatic heterocycles. The Bertz CT molecular complexity index is 213. The fourth-order valence-electron chi connectivity index (χ4n) is 2.05. The first kappa shape index (κ1) is 10.8. The van der Waals surface area contributed by atoms with Gasteiger partial charge in [-0.25, -0.2) is 0 Å². The Hall–Kier alpha value is -0.310. The molecular formula is C10H16O2S. The fourth-order valence-corrected chi connectivity index (χ4v) is 2.64. The molecule has 1 aliphatic rings. The second-order valence-electron chi connectivity index (χ2n) is 3.63. The highest BCUT2D eigenvalue weighted by Gasteiger charge is 2.32. The highest BCUT2D eigenvalue weighted by Crippen LogP contribution is 2.33. The maximum Gasteiger partial charge on any atom is 0.192 e. The molecule has 0 spiro atoms. The van der Waals surface area contributed by atoms with Crippen molar-refractivity contribution in [3.05, 3.63) is 0 Å². The van der Waals surface area contributed by atoms with E-state index in [2.05, 4.69) is 0 Å². The molecule has 1 saturated carbocycles. The van der Waals surface area contributed by atoms with Gasteiger partial charge in [0.25, 0.3) is 0 Å². The van der Waals surface area contributed by atoms with E-state index >= 15 is 0 Å². The second-order valence-corrected chi connectivity index (χ2v) is 4.44. The van der Waals surface area contributed by atoms with E-state index in [0.29, 0.717) is 0 Å². The Morgan fingerprint density at radius 1 is 1.15 bits per heavy atom. The normalized spacial score (nSPS) is 28.5. The molecule has 13 heavy (non-hydrogen) atoms. The van der Waals surface area contributed by atoms with Gasteiger partial charge in [-0.3, -0.25) is 9.59 Å². The van der Waals surface area contributed by atoms with E-state index in [4.69, 9.17) is 0 Å². The van der Waals surface area contributed by atoms with Gasteiger partial charge >= 0.3 is 0 Å². The van der Waals surface area contributed by atoms with Crippen LogP contribution in [0, 0.1) is 11.8 Å². The molecule has 0 aliphatic heterocycles. The molecule has 1 fully saturated rings. The Morgan fingerprint density at radius 3 is 2.15 bits per heavy atom. The standard InChI is InChI=1S/C10H16O2S/c1-7(11)8-5-3-4-6-9(8)10(12)13-2/h8-9H,3-6H2,1-2H3/t8-,9+/m0/s1. The van der Waals surface area contributed by atoms with Crippen LogP contribution in [0.4, 0.5) is 0 Å². The highest BCUT2D eigenvalue weighted by molar-refractivity contribution is 8.13. The molecule has 1 aliphatic carbocycles. The van der Waals surface area contributed by atoms with E-state index in [1.807, 2.05) is 0 Å². The number of rotatable bonds is 2. The maximum atomic E-state index is 11.5. The van der Waals surface area contributed by atoms with Gasteiger partial charge in [0.05, 0.1) is 0 Å². The van der Waals surface area contributed by atoms with E-state index in [-0.39, 0.29) is 22.7 Å². The highest BCUT2D eigenvalue weighted by atomic mass is 32.2. The van der Waals surface area contributed by atoms with E-state index in [0.717, 1.165) is 25.7 Å². The molecule has 74 valence electrons. The van der Waals surface area contributed by atoms with Gasteiger partial charge in [0.2, 0.25) is 0 Å². The van der Waals surface area contributed by atoms with E-state index in [1.165, 1.54) is 11.8 Å². The van der Waals surface area contributed by atoms with Crippen LogP contribution in [0.2, 0.25) is 0 Å². The minimum absolute atomic E-state index is 0.00116. The van der Waals surface area contributed by atoms with Crippen molar-refractivity contribution in [2.24, 2.45) is 11.8 Å². The predicted molar refractivity (Wildman–Crippen MR) is 54.7 cm³/mol. The number of thioether (sulfide) groups is 1. The zero-order valence-corrected chi connectivity index (χ0v) is 9.02. The lowest BCUT2D eigenvalue weighted by molar-refractivity contribution is -0.128. The van der Waals surface area contributed by atoms with Crippen LogP contribution in [0.15, 0.2) is 0 Å². The Labute approximate surface area is 83.5 Å². The van der Waals surface area contributed by atoms with Gasteiger partial charge in [-0.1, -0.05) is 24.6 Å². The van der Waals surface area contributed by atoms with E-state index in [9.17, 15) is 9.59 Å². The van der Waals surface area contributed by atoms with Crippen molar-refractivity contribution in [1.29, 1.82) is 0 Å². The molecular weight excluding hydrogens is 184 g/mol. The van der Waals surface area contributed by atoms with E-state index in [1.54, 1.807) is 13.2 Å². The van der Waals surface area contributed by atoms with Crippen LogP contribution < -0.4 is 0 Å². The van der Waals surface area contributed by atoms with Gasteiger partial charge in [-0.05, 0) is 26.0 Å². The zero-order chi connectivity index (χ0) is 9.84. The van der Waals surface area contributed by atoms with Crippen LogP contribution in [0.5, 0.6) is 0 Å². The second kappa shape index (κ2) is 4.80. The molecule has 3 heteroatoms. The summed E-state index contributed by atoms with van der Waals surface area (Å²) < 4.78 is 0. The molecule has 0 heterocycles. The van der Waals surface area contributed by atoms with Crippen molar-refractivity contribution in [3.8, 4) is 0 Å². The fraction of sp³-hybridized carbons (Fsp3) is 0.800. The average Bonchev–Trinajstić information content (AvgIpc) is 2.16. The number of Topliss-reactive ketones (excluding diaryl/α,β-unsaturated/α-hetero) is 1. The first-order chi connectivity index (χ1) is 6.16. The van der Waals surface area contributed by atoms with Crippen LogP contribution in [-0.2, 0) is 9.59 Å². The number of hydrogen-bond acceptors (Lipinski definition) is 3. The Morgan fingerprint density at radius 2 is 1.69 bits per heavy atom. The van der Waals surface area contributed by atoms with Gasteiger partial charge in [-0.15, -0.1) is 0 Å². The zero-order valence-electron chi connectivity index (χ0n) is 8.21. The van der Waals surface area contributed by atoms with E-state index < -0.39 is 0 Å². The van der Waals surface area contributed by atoms with Crippen LogP contribution in [0.3, 0.4) is 0 Å². The van der Waals surface area contributed by atoms with Crippen LogP contribution in [-0.4, -0.2) is 17.2 Å². The lowest BCUT2D eigenvalue weighted by Crippen LogP contribution is -2.30. The van der Waals surface area contributed by atoms with Gasteiger partial charge in [0.15, 0.2) is 5.12 Å². The largest absolute Gasteiger partial charge is 0.300 e. The lowest BCUT2D eigenvalue weighted by Gasteiger charge is -2.27. The average molecular weight is 200 g/mol. The van der Waals surface area contributed by atoms with Crippen LogP contribution >= 0.6 is 11.8 Å². The number of carbonyl (C=O) groups excluding carboxylic acids is 2. The Kier molecular flexibility index (Phi) is 3.97. The summed E-state index contributed by atoms with van der Waals surface area (Å²) in [6.45, 7) is 1.61. The third-order valence-corrected chi connectivity index (χ3v) is 3.50. The molecule has 0 N–H and O–H groups in total. The third kappa shape index (κ3) is 2.56. The molecule has 0 amide bonds. The minimum atomic E-state index is 0.00116. The van der Waals surface area contributed by atoms with Crippen molar-refractivity contribution in [3.63, 3.8) is 0 Å². The SMILES string of the molecule is CSC(=O)[C@@H]1CCCC[C@H]1C(C)=O. The van der Waals surface area contributed by atoms with Crippen LogP contribution in [0.25, 0.3) is 0 Å². The number of hydrogen-bond donors (Lipinski definition) is 0. The summed E-state index contributed by atoms with van der Waals surface area (Å²) in [5.41, 5.74) is 0. The summed E-state index contributed by atoms with van der Waals surface area (Å²) in [7, 11) is 0. The minimum Gasteiger partial charge on any atom is -0.300 e. The first-order valence-corrected chi connectivity index (χ1v) is 5.97. The molecule has 0 aromatic rings. The molecule has 1 rings (SSSR count). The molecule has 0 radical (unpaired) electrons. The summed E-state index contributed by atoms with van der Waals surface area (Å²) in [6.07, 6.45) is 5.81. The number of ketones is 1. The van der Waals surface area contributed by atoms with Gasteiger partial charge in [0, 0.05) is 11.8 Å². The predicted octanol–water partition coefficient (Wildman–Crippen LogP) is 2.27. The van der Waals surface area contributed by atoms with Gasteiger partial charge in [-0.2, -0.15) is 0 Å². The third-order valence-electron chi connectivity index (χ3n) is 2.79. The quantitative estimate of drug-likeness (QED) is 0.685. The molecule has 0 unspecified atom stereocenters. The summed E-state index contributed by atoms with van der Waals surface area (Å²) in [5, 5.41) is 0.194. The molecule has 0 aromatic carbocycles. The van der Waals surface area contributed by atoms with Crippen LogP contribution in [0.1, 0.15) is 32.6 Å². The van der Waals surface area contributed by atoms with Crippen molar-refractivity contribution in [2.45, 2.75) is 32.6 Å². The molecule has 2 nitrogen and oxygen atoms in total. The molecule has 0 saturated heterocycles. The Balaban J connectivity index is 2.67. The summed E-state index contributed by atoms with van der Waals surface area (Å²) in [5.74, 6) is 0.196. The molecule has 0 bridgehead atoms. The number of carbonyl (C=O) groups is 2. The van der Waals surface area contributed by atoms with Gasteiger partial charge < -0.3 is 0 Å². The van der Waals surface area contributed by atoms with Crippen molar-refractivity contribution >= 4 is 22.7 Å². The molecule has 2 atom stereocenters. The van der Waals surface area contributed by atoms with Crippen molar-refractivity contribution in [2.75, 3.05) is 6.26 Å². The summed E-state index contributed by atoms with van der Waals surface area (Å²) >= 11 is 1.26. The topological polar surface area (TPSA) is 34.1 Å². The smallest absolute Gasteiger partial charge is 0.192 e. The maximum absolute atomic E-state index is 11.5. The first-order valence-electron chi connectivity index (χ1n) is 4.75. The summed E-state index contributed by atoms with van der Waals surface area (Å²) in [6, 6.07) is 0. The lowest BCUT2D eigenvalue weighted by atomic mass is 9.78.